The van der Waals surface area contributed by atoms with Crippen LogP contribution < -0.4 is 5.32 Å². The second-order valence-corrected chi connectivity index (χ2v) is 5.45. The summed E-state index contributed by atoms with van der Waals surface area (Å²) < 4.78 is 0. The Balaban J connectivity index is 1.81. The van der Waals surface area contributed by atoms with Crippen LogP contribution in [0.5, 0.6) is 0 Å². The molecule has 0 bridgehead atoms. The van der Waals surface area contributed by atoms with Crippen LogP contribution in [0.4, 0.5) is 5.69 Å². The van der Waals surface area contributed by atoms with Crippen LogP contribution in [0, 0.1) is 0 Å². The van der Waals surface area contributed by atoms with Crippen molar-refractivity contribution in [3.63, 3.8) is 0 Å². The molecule has 5 nitrogen and oxygen atoms in total. The summed E-state index contributed by atoms with van der Waals surface area (Å²) in [5.41, 5.74) is 2.57. The molecule has 1 aromatic carbocycles. The van der Waals surface area contributed by atoms with Crippen LogP contribution in [-0.2, 0) is 16.1 Å². The zero-order chi connectivity index (χ0) is 15.5. The van der Waals surface area contributed by atoms with E-state index >= 15 is 0 Å². The molecular formula is C17H17N3O2. The molecule has 1 unspecified atom stereocenters. The van der Waals surface area contributed by atoms with Gasteiger partial charge < -0.3 is 10.2 Å². The number of rotatable bonds is 3. The number of fused-ring (bicyclic) bond motifs is 1. The molecule has 0 saturated carbocycles. The molecule has 2 heterocycles. The number of amides is 2. The Morgan fingerprint density at radius 2 is 2.14 bits per heavy atom. The van der Waals surface area contributed by atoms with Crippen molar-refractivity contribution in [2.75, 3.05) is 12.4 Å². The molecule has 1 aromatic heterocycles. The van der Waals surface area contributed by atoms with Gasteiger partial charge in [0.05, 0.1) is 5.92 Å². The van der Waals surface area contributed by atoms with Gasteiger partial charge in [0.15, 0.2) is 0 Å². The summed E-state index contributed by atoms with van der Waals surface area (Å²) in [6.07, 6.45) is 3.63. The predicted molar refractivity (Wildman–Crippen MR) is 83.1 cm³/mol. The van der Waals surface area contributed by atoms with Crippen molar-refractivity contribution < 1.29 is 9.59 Å². The van der Waals surface area contributed by atoms with Crippen molar-refractivity contribution in [3.8, 4) is 0 Å². The zero-order valence-electron chi connectivity index (χ0n) is 12.3. The van der Waals surface area contributed by atoms with Crippen molar-refractivity contribution in [3.05, 3.63) is 59.9 Å². The van der Waals surface area contributed by atoms with E-state index in [1.807, 2.05) is 36.4 Å². The van der Waals surface area contributed by atoms with E-state index in [9.17, 15) is 9.59 Å². The van der Waals surface area contributed by atoms with Gasteiger partial charge in [-0.1, -0.05) is 24.3 Å². The highest BCUT2D eigenvalue weighted by Crippen LogP contribution is 2.33. The second-order valence-electron chi connectivity index (χ2n) is 5.45. The lowest BCUT2D eigenvalue weighted by molar-refractivity contribution is -0.134. The largest absolute Gasteiger partial charge is 0.341 e. The van der Waals surface area contributed by atoms with E-state index in [1.165, 1.54) is 0 Å². The zero-order valence-corrected chi connectivity index (χ0v) is 12.3. The van der Waals surface area contributed by atoms with E-state index in [2.05, 4.69) is 10.3 Å². The maximum atomic E-state index is 12.7. The first-order chi connectivity index (χ1) is 10.6. The van der Waals surface area contributed by atoms with Crippen molar-refractivity contribution >= 4 is 17.5 Å². The molecular weight excluding hydrogens is 278 g/mol. The smallest absolute Gasteiger partial charge is 0.230 e. The summed E-state index contributed by atoms with van der Waals surface area (Å²) in [5.74, 6) is -0.593. The normalized spacial score (nSPS) is 16.6. The first-order valence-corrected chi connectivity index (χ1v) is 7.18. The Bertz CT molecular complexity index is 700. The minimum absolute atomic E-state index is 0.0499. The lowest BCUT2D eigenvalue weighted by atomic mass is 9.89. The molecule has 0 saturated heterocycles. The molecule has 1 N–H and O–H groups in total. The number of nitrogens with zero attached hydrogens (tertiary/aromatic N) is 2. The number of para-hydroxylation sites is 1. The van der Waals surface area contributed by atoms with Gasteiger partial charge >= 0.3 is 0 Å². The number of carbonyl (C=O) groups is 2. The average Bonchev–Trinajstić information content (AvgIpc) is 2.54. The molecule has 0 spiro atoms. The molecule has 22 heavy (non-hydrogen) atoms. The van der Waals surface area contributed by atoms with Crippen LogP contribution in [0.2, 0.25) is 0 Å². The van der Waals surface area contributed by atoms with Gasteiger partial charge in [-0.3, -0.25) is 14.6 Å². The highest BCUT2D eigenvalue weighted by atomic mass is 16.2. The molecule has 112 valence electrons. The Hall–Kier alpha value is -2.69. The SMILES string of the molecule is CN(Cc1cccnc1)C(=O)C1CC(=O)Nc2ccccc21. The predicted octanol–water partition coefficient (Wildman–Crippen LogP) is 2.17. The lowest BCUT2D eigenvalue weighted by Crippen LogP contribution is -2.36. The van der Waals surface area contributed by atoms with E-state index in [0.29, 0.717) is 6.54 Å². The van der Waals surface area contributed by atoms with E-state index in [4.69, 9.17) is 0 Å². The molecule has 1 aliphatic rings. The molecule has 0 radical (unpaired) electrons. The third-order valence-electron chi connectivity index (χ3n) is 3.82. The Labute approximate surface area is 129 Å². The van der Waals surface area contributed by atoms with Gasteiger partial charge in [-0.15, -0.1) is 0 Å². The summed E-state index contributed by atoms with van der Waals surface area (Å²) in [5, 5.41) is 2.81. The molecule has 1 atom stereocenters. The minimum Gasteiger partial charge on any atom is -0.341 e. The fraction of sp³-hybridized carbons (Fsp3) is 0.235. The topological polar surface area (TPSA) is 62.3 Å². The number of likely N-dealkylation sites (N-methyl/N-ethyl adjacent to an activating group) is 1. The van der Waals surface area contributed by atoms with Crippen LogP contribution in [0.25, 0.3) is 0 Å². The number of benzene rings is 1. The van der Waals surface area contributed by atoms with Gasteiger partial charge in [-0.05, 0) is 23.3 Å². The summed E-state index contributed by atoms with van der Waals surface area (Å²) in [7, 11) is 1.75. The number of hydrogen-bond donors (Lipinski definition) is 1. The molecule has 0 aliphatic carbocycles. The van der Waals surface area contributed by atoms with Crippen molar-refractivity contribution in [2.45, 2.75) is 18.9 Å². The summed E-state index contributed by atoms with van der Waals surface area (Å²) >= 11 is 0. The Morgan fingerprint density at radius 3 is 2.91 bits per heavy atom. The second kappa shape index (κ2) is 5.97. The Kier molecular flexibility index (Phi) is 3.87. The first-order valence-electron chi connectivity index (χ1n) is 7.18. The van der Waals surface area contributed by atoms with Crippen LogP contribution in [0.3, 0.4) is 0 Å². The minimum atomic E-state index is -0.424. The number of pyridine rings is 1. The third-order valence-corrected chi connectivity index (χ3v) is 3.82. The Morgan fingerprint density at radius 1 is 1.32 bits per heavy atom. The third kappa shape index (κ3) is 2.83. The summed E-state index contributed by atoms with van der Waals surface area (Å²) in [6.45, 7) is 0.479. The van der Waals surface area contributed by atoms with Crippen molar-refractivity contribution in [1.82, 2.24) is 9.88 Å². The average molecular weight is 295 g/mol. The van der Waals surface area contributed by atoms with Gasteiger partial charge in [-0.25, -0.2) is 0 Å². The first kappa shape index (κ1) is 14.3. The molecule has 0 fully saturated rings. The quantitative estimate of drug-likeness (QED) is 0.944. The van der Waals surface area contributed by atoms with Crippen molar-refractivity contribution in [1.29, 1.82) is 0 Å². The number of nitrogens with one attached hydrogen (secondary N) is 1. The van der Waals surface area contributed by atoms with Gasteiger partial charge in [0, 0.05) is 38.1 Å². The number of anilines is 1. The fourth-order valence-electron chi connectivity index (χ4n) is 2.74. The maximum absolute atomic E-state index is 12.7. The lowest BCUT2D eigenvalue weighted by Gasteiger charge is -2.28. The van der Waals surface area contributed by atoms with E-state index < -0.39 is 5.92 Å². The number of hydrogen-bond acceptors (Lipinski definition) is 3. The summed E-state index contributed by atoms with van der Waals surface area (Å²) in [6, 6.07) is 11.2. The van der Waals surface area contributed by atoms with E-state index in [1.54, 1.807) is 24.3 Å². The summed E-state index contributed by atoms with van der Waals surface area (Å²) in [4.78, 5) is 30.3. The number of carbonyl (C=O) groups excluding carboxylic acids is 2. The standard InChI is InChI=1S/C17H17N3O2/c1-20(11-12-5-4-8-18-10-12)17(22)14-9-16(21)19-15-7-3-2-6-13(14)15/h2-8,10,14H,9,11H2,1H3,(H,19,21). The maximum Gasteiger partial charge on any atom is 0.230 e. The molecule has 2 amide bonds. The molecule has 5 heteroatoms. The van der Waals surface area contributed by atoms with Crippen LogP contribution >= 0.6 is 0 Å². The van der Waals surface area contributed by atoms with Gasteiger partial charge in [0.1, 0.15) is 0 Å². The molecule has 2 aromatic rings. The molecule has 1 aliphatic heterocycles. The number of aromatic nitrogens is 1. The van der Waals surface area contributed by atoms with Crippen LogP contribution in [0.1, 0.15) is 23.5 Å². The van der Waals surface area contributed by atoms with Crippen LogP contribution in [-0.4, -0.2) is 28.7 Å². The van der Waals surface area contributed by atoms with E-state index in [0.717, 1.165) is 16.8 Å². The van der Waals surface area contributed by atoms with Crippen molar-refractivity contribution in [2.24, 2.45) is 0 Å². The van der Waals surface area contributed by atoms with Crippen LogP contribution in [0.15, 0.2) is 48.8 Å². The highest BCUT2D eigenvalue weighted by molar-refractivity contribution is 6.01. The van der Waals surface area contributed by atoms with E-state index in [-0.39, 0.29) is 18.2 Å². The van der Waals surface area contributed by atoms with Gasteiger partial charge in [0.25, 0.3) is 0 Å². The molecule has 3 rings (SSSR count). The van der Waals surface area contributed by atoms with Gasteiger partial charge in [-0.2, -0.15) is 0 Å². The monoisotopic (exact) mass is 295 g/mol. The highest BCUT2D eigenvalue weighted by Gasteiger charge is 2.32. The van der Waals surface area contributed by atoms with Gasteiger partial charge in [0.2, 0.25) is 11.8 Å². The fourth-order valence-corrected chi connectivity index (χ4v) is 2.74.